The fraction of sp³-hybridized carbons (Fsp3) is 0.444. The molecule has 2 aromatic rings. The van der Waals surface area contributed by atoms with E-state index in [-0.39, 0.29) is 0 Å². The molecule has 2 heterocycles. The Balaban J connectivity index is 1.49. The number of para-hydroxylation sites is 2. The Hall–Kier alpha value is -2.70. The van der Waals surface area contributed by atoms with Gasteiger partial charge in [-0.3, -0.25) is 9.67 Å². The van der Waals surface area contributed by atoms with Gasteiger partial charge in [0.05, 0.1) is 19.3 Å². The van der Waals surface area contributed by atoms with E-state index in [1.807, 2.05) is 35.1 Å². The molecule has 0 saturated carbocycles. The molecule has 1 atom stereocenters. The van der Waals surface area contributed by atoms with Crippen LogP contribution < -0.4 is 20.3 Å². The molecule has 2 N–H and O–H groups in total. The van der Waals surface area contributed by atoms with E-state index in [9.17, 15) is 0 Å². The van der Waals surface area contributed by atoms with Gasteiger partial charge in [0.2, 0.25) is 0 Å². The zero-order valence-corrected chi connectivity index (χ0v) is 14.9. The van der Waals surface area contributed by atoms with Crippen molar-refractivity contribution in [3.63, 3.8) is 0 Å². The molecule has 1 saturated heterocycles. The highest BCUT2D eigenvalue weighted by molar-refractivity contribution is 5.80. The van der Waals surface area contributed by atoms with E-state index in [0.717, 1.165) is 50.0 Å². The summed E-state index contributed by atoms with van der Waals surface area (Å²) >= 11 is 0. The van der Waals surface area contributed by atoms with Crippen LogP contribution in [-0.2, 0) is 6.54 Å². The van der Waals surface area contributed by atoms with Gasteiger partial charge in [0.25, 0.3) is 0 Å². The van der Waals surface area contributed by atoms with E-state index >= 15 is 0 Å². The van der Waals surface area contributed by atoms with Gasteiger partial charge in [-0.1, -0.05) is 12.1 Å². The number of anilines is 1. The Morgan fingerprint density at radius 1 is 1.36 bits per heavy atom. The van der Waals surface area contributed by atoms with E-state index in [1.165, 1.54) is 0 Å². The lowest BCUT2D eigenvalue weighted by atomic mass is 10.2. The van der Waals surface area contributed by atoms with Crippen molar-refractivity contribution >= 4 is 11.6 Å². The van der Waals surface area contributed by atoms with Crippen molar-refractivity contribution in [2.24, 2.45) is 4.99 Å². The van der Waals surface area contributed by atoms with Gasteiger partial charge in [-0.2, -0.15) is 5.10 Å². The molecular weight excluding hydrogens is 316 g/mol. The molecule has 0 spiro atoms. The number of methoxy groups -OCH3 is 1. The summed E-state index contributed by atoms with van der Waals surface area (Å²) < 4.78 is 7.38. The van der Waals surface area contributed by atoms with E-state index < -0.39 is 0 Å². The molecule has 1 fully saturated rings. The Bertz CT molecular complexity index is 685. The molecule has 0 amide bonds. The maximum atomic E-state index is 5.48. The van der Waals surface area contributed by atoms with Crippen molar-refractivity contribution in [3.05, 3.63) is 42.7 Å². The van der Waals surface area contributed by atoms with E-state index in [2.05, 4.69) is 31.7 Å². The molecule has 0 bridgehead atoms. The average molecular weight is 342 g/mol. The van der Waals surface area contributed by atoms with Crippen LogP contribution in [0.25, 0.3) is 0 Å². The standard InChI is InChI=1S/C18H26N6O/c1-19-18(20-10-13-24-11-5-9-21-24)22-15-8-12-23(14-15)16-6-3-4-7-17(16)25-2/h3-7,9,11,15H,8,10,12-14H2,1-2H3,(H2,19,20,22). The second kappa shape index (κ2) is 8.41. The van der Waals surface area contributed by atoms with Crippen LogP contribution in [-0.4, -0.2) is 55.6 Å². The summed E-state index contributed by atoms with van der Waals surface area (Å²) in [5, 5.41) is 11.1. The molecule has 1 aliphatic rings. The number of ether oxygens (including phenoxy) is 1. The molecule has 7 heteroatoms. The molecule has 1 unspecified atom stereocenters. The minimum Gasteiger partial charge on any atom is -0.495 e. The highest BCUT2D eigenvalue weighted by Crippen LogP contribution is 2.30. The quantitative estimate of drug-likeness (QED) is 0.612. The molecule has 25 heavy (non-hydrogen) atoms. The molecule has 134 valence electrons. The molecule has 7 nitrogen and oxygen atoms in total. The lowest BCUT2D eigenvalue weighted by Gasteiger charge is -2.22. The highest BCUT2D eigenvalue weighted by Gasteiger charge is 2.25. The molecular formula is C18H26N6O. The monoisotopic (exact) mass is 342 g/mol. The van der Waals surface area contributed by atoms with Crippen LogP contribution in [0.1, 0.15) is 6.42 Å². The van der Waals surface area contributed by atoms with E-state index in [0.29, 0.717) is 6.04 Å². The first-order valence-corrected chi connectivity index (χ1v) is 8.62. The molecule has 1 aliphatic heterocycles. The molecule has 0 radical (unpaired) electrons. The van der Waals surface area contributed by atoms with E-state index in [4.69, 9.17) is 4.74 Å². The van der Waals surface area contributed by atoms with Crippen molar-refractivity contribution < 1.29 is 4.74 Å². The van der Waals surface area contributed by atoms with Gasteiger partial charge < -0.3 is 20.3 Å². The van der Waals surface area contributed by atoms with Gasteiger partial charge in [0.1, 0.15) is 5.75 Å². The number of nitrogens with one attached hydrogen (secondary N) is 2. The second-order valence-electron chi connectivity index (χ2n) is 6.02. The fourth-order valence-electron chi connectivity index (χ4n) is 3.10. The topological polar surface area (TPSA) is 66.7 Å². The Kier molecular flexibility index (Phi) is 5.77. The summed E-state index contributed by atoms with van der Waals surface area (Å²) in [6, 6.07) is 10.5. The first kappa shape index (κ1) is 17.1. The van der Waals surface area contributed by atoms with Crippen molar-refractivity contribution in [3.8, 4) is 5.75 Å². The number of benzene rings is 1. The summed E-state index contributed by atoms with van der Waals surface area (Å²) in [6.07, 6.45) is 4.82. The Morgan fingerprint density at radius 2 is 2.24 bits per heavy atom. The van der Waals surface area contributed by atoms with Gasteiger partial charge in [-0.15, -0.1) is 0 Å². The minimum atomic E-state index is 0.362. The van der Waals surface area contributed by atoms with Gasteiger partial charge in [-0.05, 0) is 24.6 Å². The highest BCUT2D eigenvalue weighted by atomic mass is 16.5. The number of aromatic nitrogens is 2. The van der Waals surface area contributed by atoms with Crippen molar-refractivity contribution in [1.82, 2.24) is 20.4 Å². The zero-order chi connectivity index (χ0) is 17.5. The maximum absolute atomic E-state index is 5.48. The van der Waals surface area contributed by atoms with Crippen LogP contribution in [0.5, 0.6) is 5.75 Å². The summed E-state index contributed by atoms with van der Waals surface area (Å²) in [5.41, 5.74) is 1.15. The summed E-state index contributed by atoms with van der Waals surface area (Å²) in [7, 11) is 3.52. The van der Waals surface area contributed by atoms with Crippen LogP contribution in [0.3, 0.4) is 0 Å². The number of rotatable bonds is 6. The van der Waals surface area contributed by atoms with Crippen LogP contribution in [0, 0.1) is 0 Å². The average Bonchev–Trinajstić information content (AvgIpc) is 3.32. The lowest BCUT2D eigenvalue weighted by molar-refractivity contribution is 0.415. The summed E-state index contributed by atoms with van der Waals surface area (Å²) in [4.78, 5) is 6.68. The van der Waals surface area contributed by atoms with Crippen LogP contribution in [0.4, 0.5) is 5.69 Å². The molecule has 3 rings (SSSR count). The predicted octanol–water partition coefficient (Wildman–Crippen LogP) is 1.34. The van der Waals surface area contributed by atoms with Gasteiger partial charge >= 0.3 is 0 Å². The second-order valence-corrected chi connectivity index (χ2v) is 6.02. The van der Waals surface area contributed by atoms with Crippen molar-refractivity contribution in [2.45, 2.75) is 19.0 Å². The number of nitrogens with zero attached hydrogens (tertiary/aromatic N) is 4. The maximum Gasteiger partial charge on any atom is 0.191 e. The molecule has 1 aromatic carbocycles. The molecule has 0 aliphatic carbocycles. The Labute approximate surface area is 148 Å². The SMILES string of the molecule is CN=C(NCCn1cccn1)NC1CCN(c2ccccc2OC)C1. The first-order valence-electron chi connectivity index (χ1n) is 8.62. The number of hydrogen-bond donors (Lipinski definition) is 2. The van der Waals surface area contributed by atoms with Crippen molar-refractivity contribution in [2.75, 3.05) is 38.7 Å². The van der Waals surface area contributed by atoms with Gasteiger partial charge in [0.15, 0.2) is 5.96 Å². The van der Waals surface area contributed by atoms with E-state index in [1.54, 1.807) is 20.4 Å². The number of aliphatic imine (C=N–C) groups is 1. The van der Waals surface area contributed by atoms with Crippen molar-refractivity contribution in [1.29, 1.82) is 0 Å². The Morgan fingerprint density at radius 3 is 3.00 bits per heavy atom. The normalized spacial score (nSPS) is 17.6. The minimum absolute atomic E-state index is 0.362. The first-order chi connectivity index (χ1) is 12.3. The third-order valence-corrected chi connectivity index (χ3v) is 4.37. The third kappa shape index (κ3) is 4.43. The van der Waals surface area contributed by atoms with Crippen LogP contribution >= 0.6 is 0 Å². The summed E-state index contributed by atoms with van der Waals surface area (Å²) in [6.45, 7) is 3.53. The fourth-order valence-corrected chi connectivity index (χ4v) is 3.10. The van der Waals surface area contributed by atoms with Crippen LogP contribution in [0.15, 0.2) is 47.7 Å². The predicted molar refractivity (Wildman–Crippen MR) is 100 cm³/mol. The van der Waals surface area contributed by atoms with Crippen LogP contribution in [0.2, 0.25) is 0 Å². The summed E-state index contributed by atoms with van der Waals surface area (Å²) in [5.74, 6) is 1.75. The number of guanidine groups is 1. The van der Waals surface area contributed by atoms with Gasteiger partial charge in [0, 0.05) is 45.1 Å². The number of hydrogen-bond acceptors (Lipinski definition) is 4. The zero-order valence-electron chi connectivity index (χ0n) is 14.9. The third-order valence-electron chi connectivity index (χ3n) is 4.37. The smallest absolute Gasteiger partial charge is 0.191 e. The largest absolute Gasteiger partial charge is 0.495 e. The lowest BCUT2D eigenvalue weighted by Crippen LogP contribution is -2.45. The molecule has 1 aromatic heterocycles. The van der Waals surface area contributed by atoms with Gasteiger partial charge in [-0.25, -0.2) is 0 Å².